The van der Waals surface area contributed by atoms with E-state index >= 15 is 0 Å². The van der Waals surface area contributed by atoms with E-state index in [9.17, 15) is 10.1 Å². The Labute approximate surface area is 224 Å². The van der Waals surface area contributed by atoms with Crippen LogP contribution in [0.3, 0.4) is 0 Å². The van der Waals surface area contributed by atoms with E-state index in [4.69, 9.17) is 10.5 Å². The molecule has 192 valence electrons. The number of benzene rings is 3. The molecule has 1 atom stereocenters. The second kappa shape index (κ2) is 10.2. The zero-order valence-corrected chi connectivity index (χ0v) is 22.5. The van der Waals surface area contributed by atoms with Crippen LogP contribution in [0.5, 0.6) is 5.75 Å². The standard InChI is InChI=1S/C33H33N3O2/c1-20-8-12-25(13-9-20)36-29-6-5-7-30(37)32(29)31(28(18-34)33(36)35)27-17-24(22(3)16-23(27)4)19-38-26-14-10-21(2)11-15-26/h8-17,31H,5-7,19,35H2,1-4H3. The van der Waals surface area contributed by atoms with Gasteiger partial charge in [0.05, 0.1) is 17.6 Å². The van der Waals surface area contributed by atoms with Gasteiger partial charge in [0.25, 0.3) is 0 Å². The van der Waals surface area contributed by atoms with Crippen molar-refractivity contribution in [1.82, 2.24) is 0 Å². The molecule has 2 N–H and O–H groups in total. The van der Waals surface area contributed by atoms with Gasteiger partial charge in [0.2, 0.25) is 0 Å². The summed E-state index contributed by atoms with van der Waals surface area (Å²) in [5.41, 5.74) is 16.1. The number of nitrogens with zero attached hydrogens (tertiary/aromatic N) is 2. The monoisotopic (exact) mass is 503 g/mol. The Hall–Kier alpha value is -4.30. The summed E-state index contributed by atoms with van der Waals surface area (Å²) in [4.78, 5) is 15.5. The van der Waals surface area contributed by atoms with Crippen LogP contribution >= 0.6 is 0 Å². The molecular weight excluding hydrogens is 470 g/mol. The number of hydrogen-bond donors (Lipinski definition) is 1. The van der Waals surface area contributed by atoms with Crippen molar-refractivity contribution in [3.63, 3.8) is 0 Å². The molecule has 1 aliphatic heterocycles. The van der Waals surface area contributed by atoms with Gasteiger partial charge in [-0.05, 0) is 87.1 Å². The van der Waals surface area contributed by atoms with Crippen molar-refractivity contribution in [2.24, 2.45) is 5.73 Å². The zero-order chi connectivity index (χ0) is 27.0. The predicted molar refractivity (Wildman–Crippen MR) is 151 cm³/mol. The molecule has 38 heavy (non-hydrogen) atoms. The van der Waals surface area contributed by atoms with Crippen molar-refractivity contribution in [3.05, 3.63) is 117 Å². The molecule has 0 aromatic heterocycles. The number of ether oxygens (including phenoxy) is 1. The first kappa shape index (κ1) is 25.4. The Morgan fingerprint density at radius 1 is 0.947 bits per heavy atom. The molecule has 0 spiro atoms. The molecule has 3 aromatic carbocycles. The maximum atomic E-state index is 13.5. The first-order chi connectivity index (χ1) is 18.3. The maximum Gasteiger partial charge on any atom is 0.161 e. The summed E-state index contributed by atoms with van der Waals surface area (Å²) in [6, 6.07) is 22.6. The minimum absolute atomic E-state index is 0.0889. The first-order valence-corrected chi connectivity index (χ1v) is 13.1. The smallest absolute Gasteiger partial charge is 0.161 e. The lowest BCUT2D eigenvalue weighted by atomic mass is 9.74. The van der Waals surface area contributed by atoms with Crippen LogP contribution in [0.4, 0.5) is 5.69 Å². The number of anilines is 1. The zero-order valence-electron chi connectivity index (χ0n) is 22.5. The van der Waals surface area contributed by atoms with Crippen molar-refractivity contribution in [1.29, 1.82) is 5.26 Å². The number of aryl methyl sites for hydroxylation is 4. The number of rotatable bonds is 5. The summed E-state index contributed by atoms with van der Waals surface area (Å²) in [5, 5.41) is 10.4. The highest BCUT2D eigenvalue weighted by molar-refractivity contribution is 6.01. The Kier molecular flexibility index (Phi) is 6.82. The summed E-state index contributed by atoms with van der Waals surface area (Å²) in [7, 11) is 0. The number of carbonyl (C=O) groups is 1. The Morgan fingerprint density at radius 2 is 1.61 bits per heavy atom. The summed E-state index contributed by atoms with van der Waals surface area (Å²) in [5.74, 6) is 0.791. The summed E-state index contributed by atoms with van der Waals surface area (Å²) in [6.45, 7) is 8.58. The molecule has 5 nitrogen and oxygen atoms in total. The molecule has 1 aliphatic carbocycles. The molecule has 0 amide bonds. The summed E-state index contributed by atoms with van der Waals surface area (Å²) >= 11 is 0. The highest BCUT2D eigenvalue weighted by Crippen LogP contribution is 2.47. The van der Waals surface area contributed by atoms with Gasteiger partial charge in [0.15, 0.2) is 5.78 Å². The highest BCUT2D eigenvalue weighted by Gasteiger charge is 2.41. The molecule has 2 aliphatic rings. The summed E-state index contributed by atoms with van der Waals surface area (Å²) in [6.07, 6.45) is 1.98. The molecular formula is C33H33N3O2. The van der Waals surface area contributed by atoms with Crippen LogP contribution in [0.15, 0.2) is 83.3 Å². The van der Waals surface area contributed by atoms with Crippen LogP contribution in [0.2, 0.25) is 0 Å². The lowest BCUT2D eigenvalue weighted by molar-refractivity contribution is -0.116. The molecule has 5 heteroatoms. The van der Waals surface area contributed by atoms with Crippen LogP contribution in [0.25, 0.3) is 0 Å². The van der Waals surface area contributed by atoms with E-state index in [1.165, 1.54) is 5.56 Å². The number of nitrogens with two attached hydrogens (primary N) is 1. The fraction of sp³-hybridized carbons (Fsp3) is 0.273. The maximum absolute atomic E-state index is 13.5. The van der Waals surface area contributed by atoms with Crippen molar-refractivity contribution in [3.8, 4) is 11.8 Å². The topological polar surface area (TPSA) is 79.3 Å². The van der Waals surface area contributed by atoms with Gasteiger partial charge in [-0.1, -0.05) is 47.5 Å². The van der Waals surface area contributed by atoms with E-state index in [2.05, 4.69) is 25.1 Å². The van der Waals surface area contributed by atoms with Crippen LogP contribution in [0, 0.1) is 39.0 Å². The molecule has 1 unspecified atom stereocenters. The number of Topliss-reactive ketones (excluding diaryl/α,β-unsaturated/α-hetero) is 1. The number of ketones is 1. The Bertz CT molecular complexity index is 1510. The number of nitriles is 1. The molecule has 0 bridgehead atoms. The lowest BCUT2D eigenvalue weighted by Crippen LogP contribution is -2.38. The highest BCUT2D eigenvalue weighted by atomic mass is 16.5. The normalized spacial score (nSPS) is 17.4. The van der Waals surface area contributed by atoms with E-state index in [1.807, 2.05) is 74.2 Å². The third kappa shape index (κ3) is 4.59. The first-order valence-electron chi connectivity index (χ1n) is 13.1. The largest absolute Gasteiger partial charge is 0.489 e. The Balaban J connectivity index is 1.61. The molecule has 1 heterocycles. The van der Waals surface area contributed by atoms with Gasteiger partial charge in [0.1, 0.15) is 18.2 Å². The predicted octanol–water partition coefficient (Wildman–Crippen LogP) is 6.80. The van der Waals surface area contributed by atoms with E-state index in [-0.39, 0.29) is 5.78 Å². The molecule has 0 saturated heterocycles. The Morgan fingerprint density at radius 3 is 2.26 bits per heavy atom. The lowest BCUT2D eigenvalue weighted by Gasteiger charge is -2.40. The van der Waals surface area contributed by atoms with E-state index < -0.39 is 5.92 Å². The number of hydrogen-bond acceptors (Lipinski definition) is 5. The molecule has 0 saturated carbocycles. The van der Waals surface area contributed by atoms with Gasteiger partial charge >= 0.3 is 0 Å². The van der Waals surface area contributed by atoms with Crippen LogP contribution < -0.4 is 15.4 Å². The van der Waals surface area contributed by atoms with Crippen LogP contribution in [-0.2, 0) is 11.4 Å². The van der Waals surface area contributed by atoms with Crippen molar-refractivity contribution >= 4 is 11.5 Å². The average molecular weight is 504 g/mol. The van der Waals surface area contributed by atoms with E-state index in [0.29, 0.717) is 30.0 Å². The van der Waals surface area contributed by atoms with Crippen molar-refractivity contribution in [2.75, 3.05) is 4.90 Å². The fourth-order valence-electron chi connectivity index (χ4n) is 5.56. The quantitative estimate of drug-likeness (QED) is 0.414. The fourth-order valence-corrected chi connectivity index (χ4v) is 5.56. The van der Waals surface area contributed by atoms with Gasteiger partial charge < -0.3 is 10.5 Å². The molecule has 0 fully saturated rings. The minimum Gasteiger partial charge on any atom is -0.489 e. The number of allylic oxidation sites excluding steroid dienone is 3. The third-order valence-corrected chi connectivity index (χ3v) is 7.66. The second-order valence-electron chi connectivity index (χ2n) is 10.4. The van der Waals surface area contributed by atoms with Gasteiger partial charge in [-0.15, -0.1) is 0 Å². The minimum atomic E-state index is -0.497. The van der Waals surface area contributed by atoms with Crippen LogP contribution in [-0.4, -0.2) is 5.78 Å². The van der Waals surface area contributed by atoms with Crippen LogP contribution in [0.1, 0.15) is 58.6 Å². The van der Waals surface area contributed by atoms with Gasteiger partial charge in [-0.25, -0.2) is 0 Å². The van der Waals surface area contributed by atoms with Gasteiger partial charge in [0, 0.05) is 23.4 Å². The van der Waals surface area contributed by atoms with Gasteiger partial charge in [-0.3, -0.25) is 9.69 Å². The molecule has 5 rings (SSSR count). The van der Waals surface area contributed by atoms with Crippen molar-refractivity contribution in [2.45, 2.75) is 59.5 Å². The van der Waals surface area contributed by atoms with E-state index in [0.717, 1.165) is 57.8 Å². The van der Waals surface area contributed by atoms with Gasteiger partial charge in [-0.2, -0.15) is 5.26 Å². The van der Waals surface area contributed by atoms with Crippen molar-refractivity contribution < 1.29 is 9.53 Å². The summed E-state index contributed by atoms with van der Waals surface area (Å²) < 4.78 is 6.11. The SMILES string of the molecule is Cc1ccc(OCc2cc(C3C(C#N)=C(N)N(c4ccc(C)cc4)C4=C3C(=O)CCC4)c(C)cc2C)cc1. The molecule has 0 radical (unpaired) electrons. The second-order valence-corrected chi connectivity index (χ2v) is 10.4. The van der Waals surface area contributed by atoms with E-state index in [1.54, 1.807) is 0 Å². The average Bonchev–Trinajstić information content (AvgIpc) is 2.90. The molecule has 3 aromatic rings. The third-order valence-electron chi connectivity index (χ3n) is 7.66. The number of carbonyl (C=O) groups excluding carboxylic acids is 1.